The van der Waals surface area contributed by atoms with Gasteiger partial charge in [0.2, 0.25) is 0 Å². The van der Waals surface area contributed by atoms with Crippen LogP contribution in [0.2, 0.25) is 0 Å². The molecular weight excluding hydrogens is 160 g/mol. The van der Waals surface area contributed by atoms with Crippen molar-refractivity contribution in [1.82, 2.24) is 4.90 Å². The van der Waals surface area contributed by atoms with Gasteiger partial charge in [-0.15, -0.1) is 0 Å². The topological polar surface area (TPSA) is 29.3 Å². The van der Waals surface area contributed by atoms with Gasteiger partial charge < -0.3 is 5.73 Å². The van der Waals surface area contributed by atoms with E-state index < -0.39 is 0 Å². The molecule has 13 heavy (non-hydrogen) atoms. The first-order valence-electron chi connectivity index (χ1n) is 5.62. The molecule has 0 aliphatic heterocycles. The van der Waals surface area contributed by atoms with Gasteiger partial charge in [-0.1, -0.05) is 13.3 Å². The monoisotopic (exact) mass is 184 g/mol. The minimum atomic E-state index is 0.640. The molecule has 2 N–H and O–H groups in total. The third-order valence-corrected chi connectivity index (χ3v) is 3.33. The number of rotatable bonds is 6. The highest BCUT2D eigenvalue weighted by atomic mass is 15.2. The molecule has 0 spiro atoms. The highest BCUT2D eigenvalue weighted by Crippen LogP contribution is 2.35. The van der Waals surface area contributed by atoms with Crippen LogP contribution in [0.1, 0.15) is 39.5 Å². The summed E-state index contributed by atoms with van der Waals surface area (Å²) in [5.41, 5.74) is 5.81. The van der Waals surface area contributed by atoms with Crippen LogP contribution in [0.25, 0.3) is 0 Å². The Morgan fingerprint density at radius 2 is 2.08 bits per heavy atom. The Balaban J connectivity index is 2.37. The Bertz CT molecular complexity index is 143. The van der Waals surface area contributed by atoms with Crippen molar-refractivity contribution >= 4 is 0 Å². The summed E-state index contributed by atoms with van der Waals surface area (Å²) in [6.45, 7) is 5.39. The lowest BCUT2D eigenvalue weighted by atomic mass is 10.1. The molecule has 2 heteroatoms. The molecule has 0 bridgehead atoms. The van der Waals surface area contributed by atoms with E-state index in [2.05, 4.69) is 25.8 Å². The zero-order chi connectivity index (χ0) is 9.84. The molecule has 2 unspecified atom stereocenters. The van der Waals surface area contributed by atoms with Crippen molar-refractivity contribution in [3.8, 4) is 0 Å². The van der Waals surface area contributed by atoms with E-state index in [-0.39, 0.29) is 0 Å². The highest BCUT2D eigenvalue weighted by molar-refractivity contribution is 4.89. The molecule has 0 heterocycles. The molecule has 0 aromatic carbocycles. The van der Waals surface area contributed by atoms with Gasteiger partial charge in [0.15, 0.2) is 0 Å². The lowest BCUT2D eigenvalue weighted by molar-refractivity contribution is 0.161. The molecular formula is C11H24N2. The van der Waals surface area contributed by atoms with Gasteiger partial charge in [0.1, 0.15) is 0 Å². The average molecular weight is 184 g/mol. The normalized spacial score (nSPS) is 21.9. The van der Waals surface area contributed by atoms with E-state index in [1.807, 2.05) is 0 Å². The summed E-state index contributed by atoms with van der Waals surface area (Å²) >= 11 is 0. The van der Waals surface area contributed by atoms with Gasteiger partial charge in [0.25, 0.3) is 0 Å². The van der Waals surface area contributed by atoms with Crippen molar-refractivity contribution in [2.75, 3.05) is 13.6 Å². The molecule has 78 valence electrons. The average Bonchev–Trinajstić information content (AvgIpc) is 2.90. The zero-order valence-electron chi connectivity index (χ0n) is 9.29. The van der Waals surface area contributed by atoms with Crippen LogP contribution in [0.3, 0.4) is 0 Å². The molecule has 1 aliphatic rings. The fourth-order valence-corrected chi connectivity index (χ4v) is 2.12. The maximum absolute atomic E-state index is 5.81. The predicted octanol–water partition coefficient (Wildman–Crippen LogP) is 1.84. The first-order valence-corrected chi connectivity index (χ1v) is 5.62. The fourth-order valence-electron chi connectivity index (χ4n) is 2.12. The molecule has 0 radical (unpaired) electrons. The maximum Gasteiger partial charge on any atom is 0.0246 e. The van der Waals surface area contributed by atoms with E-state index in [0.29, 0.717) is 12.1 Å². The van der Waals surface area contributed by atoms with Crippen LogP contribution in [0.4, 0.5) is 0 Å². The van der Waals surface area contributed by atoms with Crippen LogP contribution in [-0.2, 0) is 0 Å². The maximum atomic E-state index is 5.81. The summed E-state index contributed by atoms with van der Waals surface area (Å²) in [4.78, 5) is 2.49. The standard InChI is InChI=1S/C11H24N2/c1-4-5-9(2)13(3)11(8-12)10-6-7-10/h9-11H,4-8,12H2,1-3H3. The van der Waals surface area contributed by atoms with Crippen LogP contribution in [0, 0.1) is 5.92 Å². The molecule has 2 nitrogen and oxygen atoms in total. The van der Waals surface area contributed by atoms with Crippen LogP contribution in [-0.4, -0.2) is 30.6 Å². The van der Waals surface area contributed by atoms with E-state index in [4.69, 9.17) is 5.73 Å². The second-order valence-corrected chi connectivity index (χ2v) is 4.44. The largest absolute Gasteiger partial charge is 0.329 e. The van der Waals surface area contributed by atoms with Crippen LogP contribution in [0.15, 0.2) is 0 Å². The highest BCUT2D eigenvalue weighted by Gasteiger charge is 2.33. The van der Waals surface area contributed by atoms with Gasteiger partial charge in [0.05, 0.1) is 0 Å². The number of hydrogen-bond donors (Lipinski definition) is 1. The van der Waals surface area contributed by atoms with Crippen LogP contribution in [0.5, 0.6) is 0 Å². The molecule has 0 aromatic rings. The summed E-state index contributed by atoms with van der Waals surface area (Å²) in [7, 11) is 2.23. The van der Waals surface area contributed by atoms with Gasteiger partial charge in [-0.3, -0.25) is 4.90 Å². The predicted molar refractivity (Wildman–Crippen MR) is 57.7 cm³/mol. The van der Waals surface area contributed by atoms with E-state index in [1.165, 1.54) is 25.7 Å². The zero-order valence-corrected chi connectivity index (χ0v) is 9.29. The van der Waals surface area contributed by atoms with E-state index in [1.54, 1.807) is 0 Å². The molecule has 0 aromatic heterocycles. The van der Waals surface area contributed by atoms with Crippen molar-refractivity contribution in [2.45, 2.75) is 51.6 Å². The Kier molecular flexibility index (Phi) is 4.20. The SMILES string of the molecule is CCCC(C)N(C)C(CN)C1CC1. The first kappa shape index (κ1) is 11.0. The minimum Gasteiger partial charge on any atom is -0.329 e. The number of nitrogens with two attached hydrogens (primary N) is 1. The van der Waals surface area contributed by atoms with E-state index >= 15 is 0 Å². The summed E-state index contributed by atoms with van der Waals surface area (Å²) in [6.07, 6.45) is 5.35. The third-order valence-electron chi connectivity index (χ3n) is 3.33. The molecule has 1 saturated carbocycles. The number of likely N-dealkylation sites (N-methyl/N-ethyl adjacent to an activating group) is 1. The summed E-state index contributed by atoms with van der Waals surface area (Å²) in [5, 5.41) is 0. The van der Waals surface area contributed by atoms with Gasteiger partial charge >= 0.3 is 0 Å². The molecule has 1 fully saturated rings. The van der Waals surface area contributed by atoms with Crippen molar-refractivity contribution in [1.29, 1.82) is 0 Å². The van der Waals surface area contributed by atoms with Crippen LogP contribution >= 0.6 is 0 Å². The lowest BCUT2D eigenvalue weighted by Crippen LogP contribution is -2.44. The Morgan fingerprint density at radius 1 is 1.46 bits per heavy atom. The second kappa shape index (κ2) is 4.97. The summed E-state index contributed by atoms with van der Waals surface area (Å²) in [5.74, 6) is 0.898. The molecule has 1 aliphatic carbocycles. The smallest absolute Gasteiger partial charge is 0.0246 e. The van der Waals surface area contributed by atoms with E-state index in [0.717, 1.165) is 12.5 Å². The fraction of sp³-hybridized carbons (Fsp3) is 1.00. The lowest BCUT2D eigenvalue weighted by Gasteiger charge is -2.32. The Morgan fingerprint density at radius 3 is 2.46 bits per heavy atom. The summed E-state index contributed by atoms with van der Waals surface area (Å²) in [6, 6.07) is 1.33. The van der Waals surface area contributed by atoms with Gasteiger partial charge in [0, 0.05) is 18.6 Å². The van der Waals surface area contributed by atoms with Crippen molar-refractivity contribution in [2.24, 2.45) is 11.7 Å². The summed E-state index contributed by atoms with van der Waals surface area (Å²) < 4.78 is 0. The molecule has 0 saturated heterocycles. The Hall–Kier alpha value is -0.0800. The van der Waals surface area contributed by atoms with Gasteiger partial charge in [-0.25, -0.2) is 0 Å². The van der Waals surface area contributed by atoms with E-state index in [9.17, 15) is 0 Å². The van der Waals surface area contributed by atoms with Crippen molar-refractivity contribution in [3.05, 3.63) is 0 Å². The number of hydrogen-bond acceptors (Lipinski definition) is 2. The minimum absolute atomic E-state index is 0.640. The van der Waals surface area contributed by atoms with Crippen LogP contribution < -0.4 is 5.73 Å². The van der Waals surface area contributed by atoms with Crippen molar-refractivity contribution in [3.63, 3.8) is 0 Å². The van der Waals surface area contributed by atoms with Crippen molar-refractivity contribution < 1.29 is 0 Å². The van der Waals surface area contributed by atoms with Gasteiger partial charge in [-0.2, -0.15) is 0 Å². The molecule has 0 amide bonds. The molecule has 2 atom stereocenters. The number of nitrogens with zero attached hydrogens (tertiary/aromatic N) is 1. The van der Waals surface area contributed by atoms with Gasteiger partial charge in [-0.05, 0) is 39.2 Å². The quantitative estimate of drug-likeness (QED) is 0.682. The second-order valence-electron chi connectivity index (χ2n) is 4.44. The Labute approximate surface area is 82.5 Å². The third kappa shape index (κ3) is 2.96. The molecule has 1 rings (SSSR count). The first-order chi connectivity index (χ1) is 6.20.